The number of anilines is 3. The molecule has 2 aromatic carbocycles. The van der Waals surface area contributed by atoms with Crippen LogP contribution in [0.25, 0.3) is 39.6 Å². The van der Waals surface area contributed by atoms with Crippen LogP contribution in [0.3, 0.4) is 0 Å². The molecule has 6 aromatic rings. The first-order valence-corrected chi connectivity index (χ1v) is 20.0. The predicted octanol–water partition coefficient (Wildman–Crippen LogP) is 11.6. The van der Waals surface area contributed by atoms with E-state index in [-0.39, 0.29) is 59.7 Å². The summed E-state index contributed by atoms with van der Waals surface area (Å²) in [7, 11) is 0. The van der Waals surface area contributed by atoms with Crippen molar-refractivity contribution >= 4 is 65.3 Å². The van der Waals surface area contributed by atoms with Gasteiger partial charge in [-0.05, 0) is 76.6 Å². The number of allylic oxidation sites excluding steroid dienone is 1. The molecule has 67 heavy (non-hydrogen) atoms. The molecule has 0 aliphatic heterocycles. The van der Waals surface area contributed by atoms with Gasteiger partial charge >= 0.3 is 25.7 Å². The molecule has 346 valence electrons. The summed E-state index contributed by atoms with van der Waals surface area (Å²) < 4.78 is 52.6. The minimum absolute atomic E-state index is 0. The fraction of sp³-hybridized carbons (Fsp3) is 0.188. The number of nitrogens with zero attached hydrogens (tertiary/aromatic N) is 6. The van der Waals surface area contributed by atoms with E-state index in [1.165, 1.54) is 77.3 Å². The number of pyridine rings is 4. The van der Waals surface area contributed by atoms with E-state index in [4.69, 9.17) is 30.8 Å². The molecule has 0 unspecified atom stereocenters. The van der Waals surface area contributed by atoms with Gasteiger partial charge in [-0.25, -0.2) is 4.98 Å². The molecular formula is C48H43F3N8O6RuS. The Morgan fingerprint density at radius 2 is 1.04 bits per heavy atom. The second-order valence-corrected chi connectivity index (χ2v) is 16.0. The summed E-state index contributed by atoms with van der Waals surface area (Å²) >= 11 is 3.70. The molecule has 2 N–H and O–H groups in total. The first-order valence-electron chi connectivity index (χ1n) is 19.6. The number of hydrogen-bond acceptors (Lipinski definition) is 13. The number of halogens is 3. The molecule has 0 bridgehead atoms. The minimum atomic E-state index is -4.80. The van der Waals surface area contributed by atoms with Crippen LogP contribution in [-0.4, -0.2) is 56.4 Å². The van der Waals surface area contributed by atoms with Crippen LogP contribution in [0.5, 0.6) is 17.2 Å². The van der Waals surface area contributed by atoms with Crippen molar-refractivity contribution < 1.29 is 61.2 Å². The summed E-state index contributed by atoms with van der Waals surface area (Å²) in [5.74, 6) is 0.760. The predicted molar refractivity (Wildman–Crippen MR) is 249 cm³/mol. The van der Waals surface area contributed by atoms with Gasteiger partial charge in [0.25, 0.3) is 19.4 Å². The molecule has 4 heterocycles. The zero-order valence-corrected chi connectivity index (χ0v) is 39.4. The van der Waals surface area contributed by atoms with Gasteiger partial charge in [0.2, 0.25) is 0 Å². The first kappa shape index (κ1) is 54.0. The van der Waals surface area contributed by atoms with E-state index >= 15 is 0 Å². The number of ether oxygens (including phenoxy) is 3. The smallest absolute Gasteiger partial charge is 0.753 e. The quantitative estimate of drug-likeness (QED) is 0.0497. The van der Waals surface area contributed by atoms with E-state index in [0.717, 1.165) is 11.4 Å². The number of thiocarbonyl (C=S) groups is 1. The zero-order valence-electron chi connectivity index (χ0n) is 36.8. The van der Waals surface area contributed by atoms with Crippen molar-refractivity contribution in [1.29, 1.82) is 5.41 Å². The molecule has 0 aliphatic carbocycles. The maximum absolute atomic E-state index is 12.7. The van der Waals surface area contributed by atoms with Gasteiger partial charge in [0.1, 0.15) is 23.0 Å². The molecule has 0 radical (unpaired) electrons. The Kier molecular flexibility index (Phi) is 19.6. The molecular weight excluding hydrogens is 975 g/mol. The van der Waals surface area contributed by atoms with Crippen LogP contribution in [0.2, 0.25) is 0 Å². The molecule has 0 fully saturated rings. The maximum atomic E-state index is 12.7. The number of benzene rings is 2. The van der Waals surface area contributed by atoms with Crippen LogP contribution < -0.4 is 19.1 Å². The molecule has 6 rings (SSSR count). The molecule has 0 atom stereocenters. The third-order valence-electron chi connectivity index (χ3n) is 9.20. The van der Waals surface area contributed by atoms with Crippen LogP contribution >= 0.6 is 12.2 Å². The first-order chi connectivity index (χ1) is 31.2. The van der Waals surface area contributed by atoms with Gasteiger partial charge in [-0.3, -0.25) is 34.7 Å². The average molecular weight is 1020 g/mol. The van der Waals surface area contributed by atoms with Gasteiger partial charge in [-0.2, -0.15) is 18.3 Å². The normalized spacial score (nSPS) is 11.1. The van der Waals surface area contributed by atoms with Gasteiger partial charge in [-0.1, -0.05) is 78.0 Å². The van der Waals surface area contributed by atoms with Crippen molar-refractivity contribution in [3.8, 4) is 40.0 Å². The number of hydrogen-bond donors (Lipinski definition) is 1. The van der Waals surface area contributed by atoms with Gasteiger partial charge in [-0.15, -0.1) is 5.70 Å². The molecule has 19 heteroatoms. The van der Waals surface area contributed by atoms with Crippen molar-refractivity contribution in [2.75, 3.05) is 4.90 Å². The number of rotatable bonds is 13. The fourth-order valence-electron chi connectivity index (χ4n) is 5.90. The third-order valence-corrected chi connectivity index (χ3v) is 9.20. The third kappa shape index (κ3) is 15.7. The van der Waals surface area contributed by atoms with Crippen LogP contribution in [0, 0.1) is 5.41 Å². The molecule has 0 spiro atoms. The second kappa shape index (κ2) is 24.3. The number of alkyl halides is 3. The monoisotopic (exact) mass is 1020 g/mol. The van der Waals surface area contributed by atoms with Crippen molar-refractivity contribution in [3.05, 3.63) is 150 Å². The van der Waals surface area contributed by atoms with Crippen molar-refractivity contribution in [2.24, 2.45) is 0 Å². The number of aromatic nitrogens is 4. The number of carbonyl (C=O) groups excluding carboxylic acids is 3. The molecule has 0 aliphatic rings. The number of nitrogens with one attached hydrogen (secondary N) is 2. The Balaban J connectivity index is 0.000000342. The van der Waals surface area contributed by atoms with Crippen molar-refractivity contribution in [2.45, 2.75) is 58.5 Å². The van der Waals surface area contributed by atoms with Crippen molar-refractivity contribution in [3.63, 3.8) is 0 Å². The Hall–Kier alpha value is -7.33. The van der Waals surface area contributed by atoms with Crippen LogP contribution in [-0.2, 0) is 44.7 Å². The Bertz CT molecular complexity index is 2570. The maximum Gasteiger partial charge on any atom is 2.00 e. The summed E-state index contributed by atoms with van der Waals surface area (Å²) in [6, 6.07) is 28.7. The number of isothiocyanates is 1. The summed E-state index contributed by atoms with van der Waals surface area (Å²) in [4.78, 5) is 50.9. The van der Waals surface area contributed by atoms with Crippen molar-refractivity contribution in [1.82, 2.24) is 19.9 Å². The summed E-state index contributed by atoms with van der Waals surface area (Å²) in [6.45, 7) is 13.8. The molecule has 4 aromatic heterocycles. The molecule has 0 amide bonds. The summed E-state index contributed by atoms with van der Waals surface area (Å²) in [6.07, 6.45) is 0.0844. The molecule has 0 saturated heterocycles. The van der Waals surface area contributed by atoms with E-state index in [9.17, 15) is 27.6 Å². The SMILES string of the molecule is CC(C)(C)c1ccc(N(c2ccc(C(C)(C)C)cc2)c2ccc(/C([NH-])=C/C(=N)C(F)(F)F)nc2)cc1.O=COc1ccnc(-c2cc(OC=O)cc(-c3cc(OC=O)ccn3)n2)c1.[N-]=C=S.[Ru+2]. The van der Waals surface area contributed by atoms with Gasteiger partial charge < -0.3 is 30.3 Å². The zero-order chi connectivity index (χ0) is 48.7. The largest absolute Gasteiger partial charge is 2.00 e. The van der Waals surface area contributed by atoms with E-state index < -0.39 is 17.6 Å². The number of carbonyl (C=O) groups is 3. The standard InChI is InChI=1S/C29H32F3N4.C18H11N3O6.CNS.Ru/c1-27(2,3)19-7-11-21(12-8-19)36(22-13-9-20(10-14-22)28(4,5)6)23-15-16-25(35-18-23)24(33)17-26(34)29(30,31)32;22-9-25-12-1-3-19-15(5-12)17-7-14(27-11-24)8-18(21-17)16-6-13(26-10-23)2-4-20-16;2-1-3;/h7-18,33-34H,1-6H3;1-11H;;/q-1;;-1;+2/b24-17-,34-26?;;;. The van der Waals surface area contributed by atoms with Crippen LogP contribution in [0.4, 0.5) is 30.2 Å². The van der Waals surface area contributed by atoms with Gasteiger partial charge in [0.15, 0.2) is 0 Å². The van der Waals surface area contributed by atoms with E-state index in [1.54, 1.807) is 6.07 Å². The fourth-order valence-corrected chi connectivity index (χ4v) is 5.90. The second-order valence-electron chi connectivity index (χ2n) is 15.9. The Morgan fingerprint density at radius 3 is 1.40 bits per heavy atom. The summed E-state index contributed by atoms with van der Waals surface area (Å²) in [5, 5.41) is 15.6. The van der Waals surface area contributed by atoms with E-state index in [1.807, 2.05) is 29.2 Å². The average Bonchev–Trinajstić information content (AvgIpc) is 3.27. The van der Waals surface area contributed by atoms with Crippen LogP contribution in [0.1, 0.15) is 58.4 Å². The van der Waals surface area contributed by atoms with E-state index in [2.05, 4.69) is 98.0 Å². The van der Waals surface area contributed by atoms with E-state index in [0.29, 0.717) is 47.5 Å². The topological polar surface area (TPSA) is 204 Å². The summed E-state index contributed by atoms with van der Waals surface area (Å²) in [5.41, 5.74) is 12.3. The molecule has 0 saturated carbocycles. The van der Waals surface area contributed by atoms with Crippen LogP contribution in [0.15, 0.2) is 122 Å². The molecule has 14 nitrogen and oxygen atoms in total. The minimum Gasteiger partial charge on any atom is -0.753 e. The van der Waals surface area contributed by atoms with Gasteiger partial charge in [0, 0.05) is 53.7 Å². The Morgan fingerprint density at radius 1 is 0.657 bits per heavy atom. The Labute approximate surface area is 403 Å². The van der Waals surface area contributed by atoms with Gasteiger partial charge in [0.05, 0.1) is 34.7 Å².